The molecule has 2 aromatic carbocycles. The standard InChI is InChI=1S/C17H11IN2O2S2/c18-13-8-6-11(7-9-13)10-14-16(22)20(17(23)24-14)19-15(21)12-4-2-1-3-5-12/h1-10H,(H,19,21)/b14-10-. The lowest BCUT2D eigenvalue weighted by Gasteiger charge is -2.15. The van der Waals surface area contributed by atoms with Crippen LogP contribution < -0.4 is 5.43 Å². The molecule has 3 rings (SSSR count). The molecule has 2 aromatic rings. The highest BCUT2D eigenvalue weighted by Gasteiger charge is 2.33. The van der Waals surface area contributed by atoms with Gasteiger partial charge in [-0.2, -0.15) is 5.01 Å². The van der Waals surface area contributed by atoms with E-state index in [1.165, 1.54) is 11.8 Å². The predicted molar refractivity (Wildman–Crippen MR) is 108 cm³/mol. The van der Waals surface area contributed by atoms with Gasteiger partial charge in [0.05, 0.1) is 4.91 Å². The zero-order valence-electron chi connectivity index (χ0n) is 12.2. The fourth-order valence-corrected chi connectivity index (χ4v) is 3.57. The van der Waals surface area contributed by atoms with Crippen molar-refractivity contribution in [3.63, 3.8) is 0 Å². The summed E-state index contributed by atoms with van der Waals surface area (Å²) in [5.74, 6) is -0.699. The molecule has 0 aliphatic carbocycles. The lowest BCUT2D eigenvalue weighted by Crippen LogP contribution is -2.44. The van der Waals surface area contributed by atoms with Crippen LogP contribution in [0, 0.1) is 3.57 Å². The van der Waals surface area contributed by atoms with Crippen molar-refractivity contribution in [3.8, 4) is 0 Å². The van der Waals surface area contributed by atoms with E-state index in [0.29, 0.717) is 14.8 Å². The third kappa shape index (κ3) is 3.85. The van der Waals surface area contributed by atoms with Crippen LogP contribution in [0.15, 0.2) is 59.5 Å². The minimum Gasteiger partial charge on any atom is -0.267 e. The highest BCUT2D eigenvalue weighted by Crippen LogP contribution is 2.31. The maximum absolute atomic E-state index is 12.5. The van der Waals surface area contributed by atoms with E-state index in [1.807, 2.05) is 30.3 Å². The molecule has 0 radical (unpaired) electrons. The molecule has 1 fully saturated rings. The molecule has 0 unspecified atom stereocenters. The van der Waals surface area contributed by atoms with Gasteiger partial charge in [-0.25, -0.2) is 0 Å². The number of rotatable bonds is 3. The Morgan fingerprint density at radius 3 is 2.46 bits per heavy atom. The maximum Gasteiger partial charge on any atom is 0.285 e. The maximum atomic E-state index is 12.5. The molecule has 24 heavy (non-hydrogen) atoms. The quantitative estimate of drug-likeness (QED) is 0.425. The van der Waals surface area contributed by atoms with Gasteiger partial charge in [0.1, 0.15) is 0 Å². The molecule has 0 saturated carbocycles. The third-order valence-corrected chi connectivity index (χ3v) is 5.23. The molecule has 1 aliphatic heterocycles. The van der Waals surface area contributed by atoms with Gasteiger partial charge in [0, 0.05) is 9.13 Å². The first-order chi connectivity index (χ1) is 11.5. The van der Waals surface area contributed by atoms with Crippen molar-refractivity contribution in [2.24, 2.45) is 0 Å². The Morgan fingerprint density at radius 2 is 1.79 bits per heavy atom. The summed E-state index contributed by atoms with van der Waals surface area (Å²) >= 11 is 8.60. The van der Waals surface area contributed by atoms with Gasteiger partial charge in [-0.3, -0.25) is 15.0 Å². The first kappa shape index (κ1) is 17.1. The second-order valence-electron chi connectivity index (χ2n) is 4.88. The summed E-state index contributed by atoms with van der Waals surface area (Å²) in [6, 6.07) is 16.5. The highest BCUT2D eigenvalue weighted by atomic mass is 127. The normalized spacial score (nSPS) is 15.9. The molecule has 7 heteroatoms. The van der Waals surface area contributed by atoms with E-state index in [2.05, 4.69) is 28.0 Å². The largest absolute Gasteiger partial charge is 0.285 e. The van der Waals surface area contributed by atoms with Crippen LogP contribution in [-0.2, 0) is 4.79 Å². The van der Waals surface area contributed by atoms with Crippen molar-refractivity contribution in [2.45, 2.75) is 0 Å². The Bertz CT molecular complexity index is 835. The van der Waals surface area contributed by atoms with Crippen LogP contribution in [0.2, 0.25) is 0 Å². The van der Waals surface area contributed by atoms with Gasteiger partial charge in [0.2, 0.25) is 0 Å². The van der Waals surface area contributed by atoms with Crippen LogP contribution in [0.3, 0.4) is 0 Å². The summed E-state index contributed by atoms with van der Waals surface area (Å²) in [7, 11) is 0. The lowest BCUT2D eigenvalue weighted by atomic mass is 10.2. The highest BCUT2D eigenvalue weighted by molar-refractivity contribution is 14.1. The van der Waals surface area contributed by atoms with Gasteiger partial charge in [-0.1, -0.05) is 42.1 Å². The molecule has 2 amide bonds. The van der Waals surface area contributed by atoms with E-state index >= 15 is 0 Å². The number of carbonyl (C=O) groups excluding carboxylic acids is 2. The summed E-state index contributed by atoms with van der Waals surface area (Å²) < 4.78 is 1.42. The second-order valence-corrected chi connectivity index (χ2v) is 7.80. The number of thiocarbonyl (C=S) groups is 1. The molecule has 1 N–H and O–H groups in total. The Labute approximate surface area is 162 Å². The van der Waals surface area contributed by atoms with E-state index in [-0.39, 0.29) is 11.8 Å². The average molecular weight is 466 g/mol. The number of halogens is 1. The first-order valence-electron chi connectivity index (χ1n) is 6.94. The van der Waals surface area contributed by atoms with Crippen molar-refractivity contribution < 1.29 is 9.59 Å². The summed E-state index contributed by atoms with van der Waals surface area (Å²) in [4.78, 5) is 25.2. The van der Waals surface area contributed by atoms with E-state index in [0.717, 1.165) is 14.1 Å². The van der Waals surface area contributed by atoms with Gasteiger partial charge in [-0.05, 0) is 70.7 Å². The van der Waals surface area contributed by atoms with Crippen LogP contribution in [0.5, 0.6) is 0 Å². The average Bonchev–Trinajstić information content (AvgIpc) is 2.85. The summed E-state index contributed by atoms with van der Waals surface area (Å²) in [6.07, 6.45) is 1.77. The molecule has 1 saturated heterocycles. The number of nitrogens with zero attached hydrogens (tertiary/aromatic N) is 1. The zero-order chi connectivity index (χ0) is 17.1. The number of hydrogen-bond donors (Lipinski definition) is 1. The van der Waals surface area contributed by atoms with Crippen molar-refractivity contribution >= 4 is 68.8 Å². The van der Waals surface area contributed by atoms with Crippen molar-refractivity contribution in [3.05, 3.63) is 74.2 Å². The summed E-state index contributed by atoms with van der Waals surface area (Å²) in [5, 5.41) is 1.12. The Kier molecular flexibility index (Phi) is 5.32. The minimum atomic E-state index is -0.373. The van der Waals surface area contributed by atoms with Gasteiger partial charge in [0.15, 0.2) is 4.32 Å². The molecule has 1 heterocycles. The van der Waals surface area contributed by atoms with Crippen LogP contribution in [0.1, 0.15) is 15.9 Å². The number of carbonyl (C=O) groups is 2. The molecule has 0 aromatic heterocycles. The molecule has 0 atom stereocenters. The molecular weight excluding hydrogens is 455 g/mol. The molecule has 4 nitrogen and oxygen atoms in total. The number of thioether (sulfide) groups is 1. The zero-order valence-corrected chi connectivity index (χ0v) is 16.0. The van der Waals surface area contributed by atoms with E-state index in [4.69, 9.17) is 12.2 Å². The Balaban J connectivity index is 1.77. The fourth-order valence-electron chi connectivity index (χ4n) is 2.03. The van der Waals surface area contributed by atoms with Gasteiger partial charge >= 0.3 is 0 Å². The van der Waals surface area contributed by atoms with Gasteiger partial charge in [-0.15, -0.1) is 0 Å². The van der Waals surface area contributed by atoms with Crippen molar-refractivity contribution in [2.75, 3.05) is 0 Å². The molecular formula is C17H11IN2O2S2. The van der Waals surface area contributed by atoms with E-state index < -0.39 is 0 Å². The molecule has 120 valence electrons. The van der Waals surface area contributed by atoms with Crippen LogP contribution in [0.25, 0.3) is 6.08 Å². The lowest BCUT2D eigenvalue weighted by molar-refractivity contribution is -0.123. The molecule has 0 spiro atoms. The number of benzene rings is 2. The van der Waals surface area contributed by atoms with Crippen molar-refractivity contribution in [1.82, 2.24) is 10.4 Å². The van der Waals surface area contributed by atoms with Gasteiger partial charge < -0.3 is 0 Å². The van der Waals surface area contributed by atoms with Gasteiger partial charge in [0.25, 0.3) is 11.8 Å². The number of hydrogen-bond acceptors (Lipinski definition) is 4. The van der Waals surface area contributed by atoms with Crippen LogP contribution in [0.4, 0.5) is 0 Å². The minimum absolute atomic E-state index is 0.307. The monoisotopic (exact) mass is 466 g/mol. The number of nitrogens with one attached hydrogen (secondary N) is 1. The fraction of sp³-hybridized carbons (Fsp3) is 0. The first-order valence-corrected chi connectivity index (χ1v) is 9.24. The topological polar surface area (TPSA) is 49.4 Å². The SMILES string of the molecule is O=C(NN1C(=O)/C(=C/c2ccc(I)cc2)SC1=S)c1ccccc1. The predicted octanol–water partition coefficient (Wildman–Crippen LogP) is 3.84. The molecule has 0 bridgehead atoms. The smallest absolute Gasteiger partial charge is 0.267 e. The second kappa shape index (κ2) is 7.45. The van der Waals surface area contributed by atoms with Crippen LogP contribution in [-0.4, -0.2) is 21.1 Å². The Hall–Kier alpha value is -1.71. The van der Waals surface area contributed by atoms with Crippen molar-refractivity contribution in [1.29, 1.82) is 0 Å². The van der Waals surface area contributed by atoms with Crippen LogP contribution >= 0.6 is 46.6 Å². The Morgan fingerprint density at radius 1 is 1.12 bits per heavy atom. The van der Waals surface area contributed by atoms with E-state index in [9.17, 15) is 9.59 Å². The third-order valence-electron chi connectivity index (χ3n) is 3.21. The number of amides is 2. The summed E-state index contributed by atoms with van der Waals surface area (Å²) in [6.45, 7) is 0. The number of hydrazine groups is 1. The molecule has 1 aliphatic rings. The summed E-state index contributed by atoms with van der Waals surface area (Å²) in [5.41, 5.74) is 3.93. The van der Waals surface area contributed by atoms with E-state index in [1.54, 1.807) is 30.3 Å².